The number of ketones is 1. The highest BCUT2D eigenvalue weighted by Crippen LogP contribution is 2.47. The van der Waals surface area contributed by atoms with Crippen LogP contribution in [0.15, 0.2) is 90.1 Å². The summed E-state index contributed by atoms with van der Waals surface area (Å²) in [5, 5.41) is 3.56. The van der Waals surface area contributed by atoms with E-state index in [1.54, 1.807) is 17.0 Å². The number of para-hydroxylation sites is 2. The summed E-state index contributed by atoms with van der Waals surface area (Å²) in [4.78, 5) is 41.8. The Morgan fingerprint density at radius 3 is 2.29 bits per heavy atom. The number of fused-ring (bicyclic) bond motifs is 1. The fourth-order valence-corrected chi connectivity index (χ4v) is 5.51. The molecule has 2 aliphatic rings. The molecule has 1 amide bonds. The summed E-state index contributed by atoms with van der Waals surface area (Å²) < 4.78 is 4.87. The molecule has 1 N–H and O–H groups in total. The number of hydrogen-bond acceptors (Lipinski definition) is 5. The molecule has 1 heterocycles. The number of esters is 1. The van der Waals surface area contributed by atoms with Gasteiger partial charge in [0.1, 0.15) is 0 Å². The number of benzene rings is 3. The monoisotopic (exact) mass is 508 g/mol. The van der Waals surface area contributed by atoms with Crippen LogP contribution >= 0.6 is 0 Å². The lowest BCUT2D eigenvalue weighted by Gasteiger charge is -2.35. The van der Waals surface area contributed by atoms with E-state index in [0.717, 1.165) is 28.2 Å². The van der Waals surface area contributed by atoms with Crippen molar-refractivity contribution >= 4 is 29.0 Å². The van der Waals surface area contributed by atoms with Crippen molar-refractivity contribution in [2.75, 3.05) is 17.3 Å². The lowest BCUT2D eigenvalue weighted by molar-refractivity contribution is -0.119. The van der Waals surface area contributed by atoms with Gasteiger partial charge in [-0.2, -0.15) is 0 Å². The molecule has 0 aromatic heterocycles. The van der Waals surface area contributed by atoms with Crippen LogP contribution in [-0.4, -0.2) is 24.8 Å². The molecule has 0 saturated heterocycles. The Morgan fingerprint density at radius 1 is 0.921 bits per heavy atom. The van der Waals surface area contributed by atoms with Gasteiger partial charge in [0.15, 0.2) is 5.78 Å². The van der Waals surface area contributed by atoms with E-state index >= 15 is 0 Å². The molecule has 1 aliphatic carbocycles. The number of ether oxygens (including phenoxy) is 1. The highest BCUT2D eigenvalue weighted by Gasteiger charge is 2.41. The number of carbonyl (C=O) groups is 3. The fraction of sp³-hybridized carbons (Fsp3) is 0.281. The third-order valence-corrected chi connectivity index (χ3v) is 7.26. The predicted molar refractivity (Wildman–Crippen MR) is 148 cm³/mol. The van der Waals surface area contributed by atoms with Crippen LogP contribution in [0.25, 0.3) is 0 Å². The second-order valence-corrected chi connectivity index (χ2v) is 10.4. The van der Waals surface area contributed by atoms with Crippen molar-refractivity contribution in [3.63, 3.8) is 0 Å². The first-order valence-electron chi connectivity index (χ1n) is 13.0. The molecule has 3 aromatic carbocycles. The molecule has 6 heteroatoms. The molecule has 38 heavy (non-hydrogen) atoms. The number of nitrogens with one attached hydrogen (secondary N) is 1. The summed E-state index contributed by atoms with van der Waals surface area (Å²) >= 11 is 0. The standard InChI is InChI=1S/C32H32N2O4/c1-20(2)17-29(36)34-27-12-8-7-11-25(27)33-26-18-24(21-9-5-4-6-10-21)19-28(35)30(26)31(34)22-13-15-23(16-14-22)32(37)38-3/h4-16,20,24,31,33H,17-19H2,1-3H3/t24-,31-/m1/s1. The van der Waals surface area contributed by atoms with Crippen LogP contribution in [0.4, 0.5) is 11.4 Å². The highest BCUT2D eigenvalue weighted by atomic mass is 16.5. The van der Waals surface area contributed by atoms with Crippen molar-refractivity contribution in [1.82, 2.24) is 0 Å². The summed E-state index contributed by atoms with van der Waals surface area (Å²) in [5.41, 5.74) is 5.29. The number of nitrogens with zero attached hydrogens (tertiary/aromatic N) is 1. The van der Waals surface area contributed by atoms with Crippen LogP contribution < -0.4 is 10.2 Å². The minimum atomic E-state index is -0.622. The SMILES string of the molecule is COC(=O)c1ccc([C@@H]2C3=C(C[C@@H](c4ccccc4)CC3=O)Nc3ccccc3N2C(=O)CC(C)C)cc1. The third kappa shape index (κ3) is 4.86. The molecule has 194 valence electrons. The Balaban J connectivity index is 1.69. The number of rotatable bonds is 5. The topological polar surface area (TPSA) is 75.7 Å². The molecular weight excluding hydrogens is 476 g/mol. The Hall–Kier alpha value is -4.19. The van der Waals surface area contributed by atoms with E-state index < -0.39 is 12.0 Å². The minimum Gasteiger partial charge on any atom is -0.465 e. The second kappa shape index (κ2) is 10.7. The van der Waals surface area contributed by atoms with Crippen molar-refractivity contribution < 1.29 is 19.1 Å². The lowest BCUT2D eigenvalue weighted by atomic mass is 9.78. The average molecular weight is 509 g/mol. The normalized spacial score (nSPS) is 18.8. The average Bonchev–Trinajstić information content (AvgIpc) is 3.07. The number of amides is 1. The number of methoxy groups -OCH3 is 1. The quantitative estimate of drug-likeness (QED) is 0.403. The summed E-state index contributed by atoms with van der Waals surface area (Å²) in [6, 6.07) is 24.2. The number of anilines is 2. The van der Waals surface area contributed by atoms with E-state index in [4.69, 9.17) is 4.74 Å². The van der Waals surface area contributed by atoms with Crippen LogP contribution in [-0.2, 0) is 14.3 Å². The summed E-state index contributed by atoms with van der Waals surface area (Å²) in [6.45, 7) is 4.03. The van der Waals surface area contributed by atoms with E-state index in [2.05, 4.69) is 17.4 Å². The number of allylic oxidation sites excluding steroid dienone is 1. The maximum atomic E-state index is 14.0. The Kier molecular flexibility index (Phi) is 7.14. The van der Waals surface area contributed by atoms with Crippen molar-refractivity contribution in [2.45, 2.75) is 45.1 Å². The van der Waals surface area contributed by atoms with Crippen LogP contribution in [0.2, 0.25) is 0 Å². The lowest BCUT2D eigenvalue weighted by Crippen LogP contribution is -2.39. The zero-order valence-electron chi connectivity index (χ0n) is 21.9. The van der Waals surface area contributed by atoms with E-state index in [1.807, 2.05) is 68.4 Å². The van der Waals surface area contributed by atoms with Gasteiger partial charge >= 0.3 is 5.97 Å². The van der Waals surface area contributed by atoms with Gasteiger partial charge in [-0.15, -0.1) is 0 Å². The molecule has 0 radical (unpaired) electrons. The number of Topliss-reactive ketones (excluding diaryl/α,β-unsaturated/α-hetero) is 1. The van der Waals surface area contributed by atoms with Gasteiger partial charge in [-0.05, 0) is 53.6 Å². The van der Waals surface area contributed by atoms with Gasteiger partial charge in [-0.1, -0.05) is 68.4 Å². The molecular formula is C32H32N2O4. The van der Waals surface area contributed by atoms with Crippen LogP contribution in [0.5, 0.6) is 0 Å². The van der Waals surface area contributed by atoms with Crippen molar-refractivity contribution in [1.29, 1.82) is 0 Å². The van der Waals surface area contributed by atoms with Gasteiger partial charge in [0.05, 0.1) is 30.1 Å². The Bertz CT molecular complexity index is 1390. The van der Waals surface area contributed by atoms with Crippen LogP contribution in [0, 0.1) is 5.92 Å². The molecule has 0 saturated carbocycles. The zero-order chi connectivity index (χ0) is 26.8. The summed E-state index contributed by atoms with van der Waals surface area (Å²) in [5.74, 6) is -0.280. The minimum absolute atomic E-state index is 0.0183. The number of carbonyl (C=O) groups excluding carboxylic acids is 3. The van der Waals surface area contributed by atoms with E-state index in [0.29, 0.717) is 30.4 Å². The van der Waals surface area contributed by atoms with Gasteiger partial charge in [0, 0.05) is 24.1 Å². The molecule has 3 aromatic rings. The maximum absolute atomic E-state index is 14.0. The predicted octanol–water partition coefficient (Wildman–Crippen LogP) is 6.42. The largest absolute Gasteiger partial charge is 0.465 e. The third-order valence-electron chi connectivity index (χ3n) is 7.26. The highest BCUT2D eigenvalue weighted by molar-refractivity contribution is 6.06. The van der Waals surface area contributed by atoms with Gasteiger partial charge in [0.2, 0.25) is 5.91 Å². The van der Waals surface area contributed by atoms with Crippen molar-refractivity contribution in [3.8, 4) is 0 Å². The molecule has 0 spiro atoms. The molecule has 0 fully saturated rings. The first-order valence-corrected chi connectivity index (χ1v) is 13.0. The first kappa shape index (κ1) is 25.5. The summed E-state index contributed by atoms with van der Waals surface area (Å²) in [6.07, 6.45) is 1.36. The molecule has 2 atom stereocenters. The Morgan fingerprint density at radius 2 is 1.61 bits per heavy atom. The molecule has 6 nitrogen and oxygen atoms in total. The van der Waals surface area contributed by atoms with Gasteiger partial charge in [-0.25, -0.2) is 4.79 Å². The smallest absolute Gasteiger partial charge is 0.337 e. The molecule has 5 rings (SSSR count). The Labute approximate surface area is 223 Å². The van der Waals surface area contributed by atoms with E-state index in [-0.39, 0.29) is 23.5 Å². The first-order chi connectivity index (χ1) is 18.4. The van der Waals surface area contributed by atoms with Crippen molar-refractivity contribution in [2.24, 2.45) is 5.92 Å². The van der Waals surface area contributed by atoms with Gasteiger partial charge < -0.3 is 10.1 Å². The maximum Gasteiger partial charge on any atom is 0.337 e. The second-order valence-electron chi connectivity index (χ2n) is 10.4. The molecule has 1 aliphatic heterocycles. The van der Waals surface area contributed by atoms with E-state index in [9.17, 15) is 14.4 Å². The van der Waals surface area contributed by atoms with Gasteiger partial charge in [-0.3, -0.25) is 14.5 Å². The van der Waals surface area contributed by atoms with Crippen molar-refractivity contribution in [3.05, 3.63) is 107 Å². The zero-order valence-corrected chi connectivity index (χ0v) is 21.9. The van der Waals surface area contributed by atoms with Crippen LogP contribution in [0.3, 0.4) is 0 Å². The van der Waals surface area contributed by atoms with Gasteiger partial charge in [0.25, 0.3) is 0 Å². The summed E-state index contributed by atoms with van der Waals surface area (Å²) in [7, 11) is 1.34. The fourth-order valence-electron chi connectivity index (χ4n) is 5.51. The van der Waals surface area contributed by atoms with E-state index in [1.165, 1.54) is 7.11 Å². The van der Waals surface area contributed by atoms with Crippen LogP contribution in [0.1, 0.15) is 66.6 Å². The number of hydrogen-bond donors (Lipinski definition) is 1. The molecule has 0 unspecified atom stereocenters. The molecule has 0 bridgehead atoms.